The molecule has 1 atom stereocenters. The molecular weight excluding hydrogens is 202 g/mol. The van der Waals surface area contributed by atoms with Crippen LogP contribution in [0.1, 0.15) is 24.5 Å². The van der Waals surface area contributed by atoms with Crippen molar-refractivity contribution < 1.29 is 9.47 Å². The maximum atomic E-state index is 5.81. The standard InChI is InChI=1S/C13H19NO2/c1-15-12-6-4-11(5-7-12)13(8-14)16-9-10-2-3-10/h4-7,10,13H,2-3,8-9,14H2,1H3. The second kappa shape index (κ2) is 5.32. The molecule has 0 radical (unpaired) electrons. The van der Waals surface area contributed by atoms with Gasteiger partial charge in [-0.1, -0.05) is 12.1 Å². The lowest BCUT2D eigenvalue weighted by Gasteiger charge is -2.16. The molecule has 0 aromatic heterocycles. The van der Waals surface area contributed by atoms with E-state index in [0.717, 1.165) is 23.8 Å². The fourth-order valence-electron chi connectivity index (χ4n) is 1.66. The van der Waals surface area contributed by atoms with Crippen LogP contribution < -0.4 is 10.5 Å². The van der Waals surface area contributed by atoms with Crippen LogP contribution in [0.4, 0.5) is 0 Å². The monoisotopic (exact) mass is 221 g/mol. The van der Waals surface area contributed by atoms with Crippen molar-refractivity contribution in [1.82, 2.24) is 0 Å². The van der Waals surface area contributed by atoms with Crippen LogP contribution in [0.3, 0.4) is 0 Å². The van der Waals surface area contributed by atoms with Gasteiger partial charge >= 0.3 is 0 Å². The van der Waals surface area contributed by atoms with Gasteiger partial charge in [0.15, 0.2) is 0 Å². The molecule has 88 valence electrons. The first-order chi connectivity index (χ1) is 7.83. The average molecular weight is 221 g/mol. The molecule has 1 aromatic rings. The summed E-state index contributed by atoms with van der Waals surface area (Å²) in [7, 11) is 1.67. The summed E-state index contributed by atoms with van der Waals surface area (Å²) in [5.41, 5.74) is 6.85. The van der Waals surface area contributed by atoms with Gasteiger partial charge in [-0.2, -0.15) is 0 Å². The molecule has 0 saturated heterocycles. The quantitative estimate of drug-likeness (QED) is 0.800. The number of benzene rings is 1. The molecule has 0 spiro atoms. The van der Waals surface area contributed by atoms with E-state index in [4.69, 9.17) is 15.2 Å². The first-order valence-electron chi connectivity index (χ1n) is 5.79. The molecule has 0 aliphatic heterocycles. The van der Waals surface area contributed by atoms with Crippen LogP contribution in [0.25, 0.3) is 0 Å². The Morgan fingerprint density at radius 3 is 2.50 bits per heavy atom. The fraction of sp³-hybridized carbons (Fsp3) is 0.538. The Kier molecular flexibility index (Phi) is 3.80. The molecular formula is C13H19NO2. The van der Waals surface area contributed by atoms with Crippen LogP contribution in [0.5, 0.6) is 5.75 Å². The lowest BCUT2D eigenvalue weighted by atomic mass is 10.1. The van der Waals surface area contributed by atoms with E-state index in [-0.39, 0.29) is 6.10 Å². The summed E-state index contributed by atoms with van der Waals surface area (Å²) in [5, 5.41) is 0. The van der Waals surface area contributed by atoms with Gasteiger partial charge in [-0.3, -0.25) is 0 Å². The lowest BCUT2D eigenvalue weighted by Crippen LogP contribution is -2.16. The Bertz CT molecular complexity index is 319. The highest BCUT2D eigenvalue weighted by molar-refractivity contribution is 5.28. The Balaban J connectivity index is 1.94. The van der Waals surface area contributed by atoms with Crippen LogP contribution in [0.2, 0.25) is 0 Å². The van der Waals surface area contributed by atoms with Gasteiger partial charge in [0.25, 0.3) is 0 Å². The first-order valence-corrected chi connectivity index (χ1v) is 5.79. The first kappa shape index (κ1) is 11.4. The molecule has 0 amide bonds. The number of methoxy groups -OCH3 is 1. The van der Waals surface area contributed by atoms with E-state index < -0.39 is 0 Å². The molecule has 2 N–H and O–H groups in total. The lowest BCUT2D eigenvalue weighted by molar-refractivity contribution is 0.0510. The van der Waals surface area contributed by atoms with Gasteiger partial charge in [0.1, 0.15) is 5.75 Å². The van der Waals surface area contributed by atoms with Crippen LogP contribution in [-0.4, -0.2) is 20.3 Å². The average Bonchev–Trinajstić information content (AvgIpc) is 3.15. The maximum absolute atomic E-state index is 5.81. The highest BCUT2D eigenvalue weighted by atomic mass is 16.5. The SMILES string of the molecule is COc1ccc(C(CN)OCC2CC2)cc1. The van der Waals surface area contributed by atoms with E-state index in [1.54, 1.807) is 7.11 Å². The van der Waals surface area contributed by atoms with Gasteiger partial charge in [0.2, 0.25) is 0 Å². The number of rotatable bonds is 6. The molecule has 1 fully saturated rings. The van der Waals surface area contributed by atoms with Crippen molar-refractivity contribution >= 4 is 0 Å². The van der Waals surface area contributed by atoms with Gasteiger partial charge in [0.05, 0.1) is 19.8 Å². The molecule has 2 rings (SSSR count). The zero-order valence-corrected chi connectivity index (χ0v) is 9.69. The van der Waals surface area contributed by atoms with Crippen molar-refractivity contribution in [3.05, 3.63) is 29.8 Å². The third kappa shape index (κ3) is 2.97. The van der Waals surface area contributed by atoms with E-state index in [1.165, 1.54) is 12.8 Å². The zero-order valence-electron chi connectivity index (χ0n) is 9.69. The molecule has 0 bridgehead atoms. The maximum Gasteiger partial charge on any atom is 0.118 e. The molecule has 1 unspecified atom stereocenters. The minimum absolute atomic E-state index is 0.0199. The van der Waals surface area contributed by atoms with E-state index >= 15 is 0 Å². The molecule has 3 heteroatoms. The van der Waals surface area contributed by atoms with E-state index in [2.05, 4.69) is 0 Å². The highest BCUT2D eigenvalue weighted by Crippen LogP contribution is 2.31. The largest absolute Gasteiger partial charge is 0.497 e. The van der Waals surface area contributed by atoms with E-state index in [9.17, 15) is 0 Å². The summed E-state index contributed by atoms with van der Waals surface area (Å²) in [6.07, 6.45) is 2.63. The molecule has 1 aromatic carbocycles. The highest BCUT2D eigenvalue weighted by Gasteiger charge is 2.23. The predicted molar refractivity (Wildman–Crippen MR) is 63.5 cm³/mol. The molecule has 3 nitrogen and oxygen atoms in total. The third-order valence-electron chi connectivity index (χ3n) is 2.93. The topological polar surface area (TPSA) is 44.5 Å². The Morgan fingerprint density at radius 2 is 2.00 bits per heavy atom. The van der Waals surface area contributed by atoms with Crippen LogP contribution in [-0.2, 0) is 4.74 Å². The van der Waals surface area contributed by atoms with Crippen LogP contribution in [0.15, 0.2) is 24.3 Å². The van der Waals surface area contributed by atoms with Crippen molar-refractivity contribution in [2.24, 2.45) is 11.7 Å². The van der Waals surface area contributed by atoms with Gasteiger partial charge < -0.3 is 15.2 Å². The van der Waals surface area contributed by atoms with E-state index in [0.29, 0.717) is 6.54 Å². The van der Waals surface area contributed by atoms with Crippen molar-refractivity contribution in [3.63, 3.8) is 0 Å². The zero-order chi connectivity index (χ0) is 11.4. The minimum Gasteiger partial charge on any atom is -0.497 e. The minimum atomic E-state index is 0.0199. The summed E-state index contributed by atoms with van der Waals surface area (Å²) in [4.78, 5) is 0. The third-order valence-corrected chi connectivity index (χ3v) is 2.93. The van der Waals surface area contributed by atoms with Gasteiger partial charge in [-0.25, -0.2) is 0 Å². The Hall–Kier alpha value is -1.06. The summed E-state index contributed by atoms with van der Waals surface area (Å²) in [5.74, 6) is 1.63. The van der Waals surface area contributed by atoms with Crippen molar-refractivity contribution in [3.8, 4) is 5.75 Å². The molecule has 1 aliphatic rings. The van der Waals surface area contributed by atoms with Gasteiger partial charge in [0, 0.05) is 6.54 Å². The second-order valence-corrected chi connectivity index (χ2v) is 4.27. The Labute approximate surface area is 96.5 Å². The smallest absolute Gasteiger partial charge is 0.118 e. The summed E-state index contributed by atoms with van der Waals surface area (Å²) < 4.78 is 10.9. The summed E-state index contributed by atoms with van der Waals surface area (Å²) in [6.45, 7) is 1.37. The number of hydrogen-bond donors (Lipinski definition) is 1. The second-order valence-electron chi connectivity index (χ2n) is 4.27. The summed E-state index contributed by atoms with van der Waals surface area (Å²) >= 11 is 0. The number of hydrogen-bond acceptors (Lipinski definition) is 3. The molecule has 1 saturated carbocycles. The van der Waals surface area contributed by atoms with Gasteiger partial charge in [-0.05, 0) is 36.5 Å². The molecule has 1 aliphatic carbocycles. The molecule has 0 heterocycles. The summed E-state index contributed by atoms with van der Waals surface area (Å²) in [6, 6.07) is 7.92. The van der Waals surface area contributed by atoms with Crippen LogP contribution >= 0.6 is 0 Å². The van der Waals surface area contributed by atoms with Gasteiger partial charge in [-0.15, -0.1) is 0 Å². The number of nitrogens with two attached hydrogens (primary N) is 1. The predicted octanol–water partition coefficient (Wildman–Crippen LogP) is 2.12. The van der Waals surface area contributed by atoms with Crippen molar-refractivity contribution in [1.29, 1.82) is 0 Å². The van der Waals surface area contributed by atoms with Crippen molar-refractivity contribution in [2.75, 3.05) is 20.3 Å². The normalized spacial score (nSPS) is 17.1. The molecule has 16 heavy (non-hydrogen) atoms. The Morgan fingerprint density at radius 1 is 1.31 bits per heavy atom. The van der Waals surface area contributed by atoms with Crippen molar-refractivity contribution in [2.45, 2.75) is 18.9 Å². The van der Waals surface area contributed by atoms with Crippen LogP contribution in [0, 0.1) is 5.92 Å². The van der Waals surface area contributed by atoms with E-state index in [1.807, 2.05) is 24.3 Å². The fourth-order valence-corrected chi connectivity index (χ4v) is 1.66. The number of ether oxygens (including phenoxy) is 2.